The average Bonchev–Trinajstić information content (AvgIpc) is 2.03. The first-order valence-corrected chi connectivity index (χ1v) is 5.54. The average molecular weight is 335 g/mol. The van der Waals surface area contributed by atoms with Crippen molar-refractivity contribution >= 4 is 43.5 Å². The van der Waals surface area contributed by atoms with Gasteiger partial charge >= 0.3 is 0 Å². The molecule has 1 nitrogen and oxygen atoms in total. The summed E-state index contributed by atoms with van der Waals surface area (Å²) < 4.78 is 24.8. The Kier molecular flexibility index (Phi) is 4.06. The molecule has 6 heteroatoms. The van der Waals surface area contributed by atoms with Crippen LogP contribution >= 0.6 is 43.5 Å². The second-order valence-electron chi connectivity index (χ2n) is 2.23. The molecule has 0 saturated heterocycles. The Labute approximate surface area is 95.8 Å². The molecule has 1 rings (SSSR count). The Morgan fingerprint density at radius 3 is 2.54 bits per heavy atom. The summed E-state index contributed by atoms with van der Waals surface area (Å²) in [4.78, 5) is 3.66. The zero-order chi connectivity index (χ0) is 10.0. The predicted molar refractivity (Wildman–Crippen MR) is 54.5 cm³/mol. The van der Waals surface area contributed by atoms with Crippen molar-refractivity contribution in [3.05, 3.63) is 26.9 Å². The van der Waals surface area contributed by atoms with E-state index in [-0.39, 0.29) is 10.7 Å². The molecule has 0 atom stereocenters. The number of halogens is 5. The largest absolute Gasteiger partial charge is 0.280 e. The Hall–Kier alpha value is 0.260. The predicted octanol–water partition coefficient (Wildman–Crippen LogP) is 4.33. The third-order valence-electron chi connectivity index (χ3n) is 1.40. The van der Waals surface area contributed by atoms with Crippen LogP contribution in [-0.2, 0) is 5.33 Å². The lowest BCUT2D eigenvalue weighted by molar-refractivity contribution is 0.146. The molecule has 0 aliphatic carbocycles. The van der Waals surface area contributed by atoms with Gasteiger partial charge in [-0.2, -0.15) is 0 Å². The van der Waals surface area contributed by atoms with Crippen LogP contribution in [0.2, 0.25) is 5.02 Å². The lowest BCUT2D eigenvalue weighted by Gasteiger charge is -2.05. The molecule has 1 aromatic rings. The van der Waals surface area contributed by atoms with Crippen LogP contribution in [0, 0.1) is 0 Å². The van der Waals surface area contributed by atoms with Crippen LogP contribution in [0.5, 0.6) is 0 Å². The molecule has 0 aliphatic rings. The number of nitrogens with zero attached hydrogens (tertiary/aromatic N) is 1. The SMILES string of the molecule is FC(F)c1cc(Cl)c(CBr)c(Br)n1. The molecular formula is C7H4Br2ClF2N. The molecular weight excluding hydrogens is 331 g/mol. The standard InChI is InChI=1S/C7H4Br2ClF2N/c8-2-3-4(10)1-5(7(11)12)13-6(3)9/h1,7H,2H2. The second-order valence-corrected chi connectivity index (χ2v) is 3.95. The molecule has 0 N–H and O–H groups in total. The molecule has 0 aromatic carbocycles. The highest BCUT2D eigenvalue weighted by Gasteiger charge is 2.14. The quantitative estimate of drug-likeness (QED) is 0.579. The molecule has 0 saturated carbocycles. The van der Waals surface area contributed by atoms with E-state index >= 15 is 0 Å². The van der Waals surface area contributed by atoms with Gasteiger partial charge in [0.25, 0.3) is 6.43 Å². The number of alkyl halides is 3. The van der Waals surface area contributed by atoms with E-state index in [9.17, 15) is 8.78 Å². The van der Waals surface area contributed by atoms with Gasteiger partial charge < -0.3 is 0 Å². The Balaban J connectivity index is 3.20. The molecule has 0 radical (unpaired) electrons. The van der Waals surface area contributed by atoms with Crippen molar-refractivity contribution in [2.75, 3.05) is 0 Å². The molecule has 1 heterocycles. The summed E-state index contributed by atoms with van der Waals surface area (Å²) in [6.45, 7) is 0. The number of rotatable bonds is 2. The Bertz CT molecular complexity index is 296. The van der Waals surface area contributed by atoms with Crippen molar-refractivity contribution in [2.45, 2.75) is 11.8 Å². The highest BCUT2D eigenvalue weighted by Crippen LogP contribution is 2.29. The van der Waals surface area contributed by atoms with Crippen molar-refractivity contribution in [1.82, 2.24) is 4.98 Å². The third kappa shape index (κ3) is 2.60. The van der Waals surface area contributed by atoms with E-state index in [1.807, 2.05) is 0 Å². The van der Waals surface area contributed by atoms with Crippen molar-refractivity contribution in [1.29, 1.82) is 0 Å². The van der Waals surface area contributed by atoms with E-state index in [1.165, 1.54) is 6.07 Å². The minimum absolute atomic E-state index is 0.286. The number of aromatic nitrogens is 1. The highest BCUT2D eigenvalue weighted by atomic mass is 79.9. The van der Waals surface area contributed by atoms with Crippen LogP contribution < -0.4 is 0 Å². The van der Waals surface area contributed by atoms with E-state index in [2.05, 4.69) is 36.8 Å². The first-order valence-electron chi connectivity index (χ1n) is 3.25. The first kappa shape index (κ1) is 11.3. The zero-order valence-electron chi connectivity index (χ0n) is 6.20. The van der Waals surface area contributed by atoms with Gasteiger partial charge in [0.2, 0.25) is 0 Å². The summed E-state index contributed by atoms with van der Waals surface area (Å²) in [6, 6.07) is 1.17. The van der Waals surface area contributed by atoms with Gasteiger partial charge in [-0.3, -0.25) is 0 Å². The van der Waals surface area contributed by atoms with Crippen molar-refractivity contribution < 1.29 is 8.78 Å². The van der Waals surface area contributed by atoms with E-state index in [4.69, 9.17) is 11.6 Å². The normalized spacial score (nSPS) is 10.9. The maximum atomic E-state index is 12.2. The van der Waals surface area contributed by atoms with Crippen molar-refractivity contribution in [3.8, 4) is 0 Å². The molecule has 72 valence electrons. The van der Waals surface area contributed by atoms with E-state index < -0.39 is 6.43 Å². The minimum atomic E-state index is -2.60. The zero-order valence-corrected chi connectivity index (χ0v) is 10.1. The van der Waals surface area contributed by atoms with Gasteiger partial charge in [-0.25, -0.2) is 13.8 Å². The maximum Gasteiger partial charge on any atom is 0.280 e. The summed E-state index contributed by atoms with van der Waals surface area (Å²) in [5, 5.41) is 0.761. The monoisotopic (exact) mass is 333 g/mol. The maximum absolute atomic E-state index is 12.2. The number of hydrogen-bond acceptors (Lipinski definition) is 1. The molecule has 0 spiro atoms. The molecule has 0 fully saturated rings. The van der Waals surface area contributed by atoms with Crippen LogP contribution in [0.1, 0.15) is 17.7 Å². The smallest absolute Gasteiger partial charge is 0.240 e. The second kappa shape index (κ2) is 4.66. The van der Waals surface area contributed by atoms with Crippen molar-refractivity contribution in [3.63, 3.8) is 0 Å². The summed E-state index contributed by atoms with van der Waals surface area (Å²) >= 11 is 12.0. The number of hydrogen-bond donors (Lipinski definition) is 0. The summed E-state index contributed by atoms with van der Waals surface area (Å²) in [7, 11) is 0. The van der Waals surface area contributed by atoms with E-state index in [0.717, 1.165) is 0 Å². The van der Waals surface area contributed by atoms with Crippen molar-refractivity contribution in [2.24, 2.45) is 0 Å². The van der Waals surface area contributed by atoms with Gasteiger partial charge in [0.1, 0.15) is 10.3 Å². The van der Waals surface area contributed by atoms with Crippen LogP contribution in [0.3, 0.4) is 0 Å². The number of pyridine rings is 1. The fraction of sp³-hybridized carbons (Fsp3) is 0.286. The highest BCUT2D eigenvalue weighted by molar-refractivity contribution is 9.10. The topological polar surface area (TPSA) is 12.9 Å². The fourth-order valence-corrected chi connectivity index (χ4v) is 2.81. The molecule has 0 aliphatic heterocycles. The molecule has 0 bridgehead atoms. The summed E-state index contributed by atoms with van der Waals surface area (Å²) in [5.74, 6) is 0. The summed E-state index contributed by atoms with van der Waals surface area (Å²) in [6.07, 6.45) is -2.60. The van der Waals surface area contributed by atoms with Gasteiger partial charge in [-0.1, -0.05) is 27.5 Å². The van der Waals surface area contributed by atoms with Gasteiger partial charge in [-0.05, 0) is 22.0 Å². The lowest BCUT2D eigenvalue weighted by atomic mass is 10.3. The molecule has 0 amide bonds. The van der Waals surface area contributed by atoms with Crippen LogP contribution in [0.4, 0.5) is 8.78 Å². The Morgan fingerprint density at radius 1 is 1.54 bits per heavy atom. The van der Waals surface area contributed by atoms with Gasteiger partial charge in [-0.15, -0.1) is 0 Å². The van der Waals surface area contributed by atoms with Crippen LogP contribution in [-0.4, -0.2) is 4.98 Å². The fourth-order valence-electron chi connectivity index (χ4n) is 0.759. The Morgan fingerprint density at radius 2 is 2.15 bits per heavy atom. The molecule has 1 aromatic heterocycles. The van der Waals surface area contributed by atoms with Gasteiger partial charge in [0, 0.05) is 15.9 Å². The molecule has 13 heavy (non-hydrogen) atoms. The summed E-state index contributed by atoms with van der Waals surface area (Å²) in [5.41, 5.74) is 0.354. The first-order chi connectivity index (χ1) is 6.06. The van der Waals surface area contributed by atoms with E-state index in [0.29, 0.717) is 15.5 Å². The molecule has 0 unspecified atom stereocenters. The van der Waals surface area contributed by atoms with Crippen LogP contribution in [0.25, 0.3) is 0 Å². The van der Waals surface area contributed by atoms with Gasteiger partial charge in [0.05, 0.1) is 0 Å². The van der Waals surface area contributed by atoms with Gasteiger partial charge in [0.15, 0.2) is 0 Å². The van der Waals surface area contributed by atoms with E-state index in [1.54, 1.807) is 0 Å². The van der Waals surface area contributed by atoms with Crippen LogP contribution in [0.15, 0.2) is 10.7 Å². The lowest BCUT2D eigenvalue weighted by Crippen LogP contribution is -1.95. The third-order valence-corrected chi connectivity index (χ3v) is 2.95. The minimum Gasteiger partial charge on any atom is -0.240 e.